The number of amides is 2. The Morgan fingerprint density at radius 2 is 1.72 bits per heavy atom. The number of carbonyl (C=O) groups is 3. The first-order chi connectivity index (χ1) is 13.8. The van der Waals surface area contributed by atoms with Crippen LogP contribution in [0.1, 0.15) is 33.2 Å². The lowest BCUT2D eigenvalue weighted by molar-refractivity contribution is -0.120. The highest BCUT2D eigenvalue weighted by atomic mass is 19.1. The van der Waals surface area contributed by atoms with Gasteiger partial charge in [-0.15, -0.1) is 0 Å². The van der Waals surface area contributed by atoms with E-state index in [-0.39, 0.29) is 18.8 Å². The van der Waals surface area contributed by atoms with E-state index in [9.17, 15) is 23.2 Å². The molecule has 0 radical (unpaired) electrons. The summed E-state index contributed by atoms with van der Waals surface area (Å²) < 4.78 is 37.4. The predicted octanol–water partition coefficient (Wildman–Crippen LogP) is 2.66. The largest absolute Gasteiger partial charge is 0.465 e. The lowest BCUT2D eigenvalue weighted by Gasteiger charge is -2.11. The minimum absolute atomic E-state index is 0.0448. The molecule has 2 aromatic carbocycles. The fourth-order valence-electron chi connectivity index (χ4n) is 2.35. The number of benzene rings is 2. The molecule has 7 nitrogen and oxygen atoms in total. The summed E-state index contributed by atoms with van der Waals surface area (Å²) in [5, 5.41) is 4.73. The third-order valence-corrected chi connectivity index (χ3v) is 3.84. The number of esters is 1. The Balaban J connectivity index is 2.07. The van der Waals surface area contributed by atoms with Gasteiger partial charge in [-0.3, -0.25) is 9.59 Å². The molecule has 0 fully saturated rings. The number of carbonyl (C=O) groups excluding carboxylic acids is 3. The van der Waals surface area contributed by atoms with E-state index in [0.717, 1.165) is 6.07 Å². The fraction of sp³-hybridized carbons (Fsp3) is 0.250. The highest BCUT2D eigenvalue weighted by Crippen LogP contribution is 2.20. The maximum absolute atomic E-state index is 14.0. The fourth-order valence-corrected chi connectivity index (χ4v) is 2.35. The molecule has 0 aromatic heterocycles. The van der Waals surface area contributed by atoms with Crippen LogP contribution in [0, 0.1) is 11.6 Å². The molecule has 0 saturated heterocycles. The first-order valence-electron chi connectivity index (χ1n) is 8.67. The van der Waals surface area contributed by atoms with Gasteiger partial charge in [-0.05, 0) is 30.7 Å². The minimum Gasteiger partial charge on any atom is -0.465 e. The van der Waals surface area contributed by atoms with Crippen molar-refractivity contribution in [2.24, 2.45) is 0 Å². The van der Waals surface area contributed by atoms with Crippen LogP contribution in [0.25, 0.3) is 0 Å². The molecule has 2 rings (SSSR count). The van der Waals surface area contributed by atoms with E-state index in [1.54, 1.807) is 19.1 Å². The Morgan fingerprint density at radius 3 is 2.34 bits per heavy atom. The third-order valence-electron chi connectivity index (χ3n) is 3.84. The molecule has 0 unspecified atom stereocenters. The van der Waals surface area contributed by atoms with Gasteiger partial charge in [0, 0.05) is 19.2 Å². The van der Waals surface area contributed by atoms with E-state index in [1.165, 1.54) is 19.2 Å². The molecule has 0 atom stereocenters. The summed E-state index contributed by atoms with van der Waals surface area (Å²) >= 11 is 0. The molecule has 9 heteroatoms. The number of rotatable bonds is 8. The highest BCUT2D eigenvalue weighted by molar-refractivity contribution is 5.97. The zero-order valence-electron chi connectivity index (χ0n) is 15.9. The van der Waals surface area contributed by atoms with Gasteiger partial charge in [-0.25, -0.2) is 13.6 Å². The molecule has 2 amide bonds. The van der Waals surface area contributed by atoms with Gasteiger partial charge in [0.25, 0.3) is 5.91 Å². The first-order valence-corrected chi connectivity index (χ1v) is 8.67. The van der Waals surface area contributed by atoms with Crippen molar-refractivity contribution in [1.82, 2.24) is 5.32 Å². The predicted molar refractivity (Wildman–Crippen MR) is 100 cm³/mol. The maximum atomic E-state index is 14.0. The van der Waals surface area contributed by atoms with Crippen LogP contribution in [-0.2, 0) is 20.8 Å². The van der Waals surface area contributed by atoms with Crippen molar-refractivity contribution < 1.29 is 32.6 Å². The highest BCUT2D eigenvalue weighted by Gasteiger charge is 2.17. The molecule has 29 heavy (non-hydrogen) atoms. The van der Waals surface area contributed by atoms with Crippen molar-refractivity contribution >= 4 is 23.5 Å². The van der Waals surface area contributed by atoms with Gasteiger partial charge < -0.3 is 20.1 Å². The number of hydrogen-bond donors (Lipinski definition) is 2. The van der Waals surface area contributed by atoms with Gasteiger partial charge in [-0.1, -0.05) is 12.1 Å². The van der Waals surface area contributed by atoms with Crippen LogP contribution in [0.2, 0.25) is 0 Å². The average Bonchev–Trinajstić information content (AvgIpc) is 2.72. The molecular formula is C20H20F2N2O5. The van der Waals surface area contributed by atoms with E-state index >= 15 is 0 Å². The normalized spacial score (nSPS) is 10.3. The van der Waals surface area contributed by atoms with Crippen molar-refractivity contribution in [1.29, 1.82) is 0 Å². The lowest BCUT2D eigenvalue weighted by Crippen LogP contribution is -2.25. The molecule has 0 spiro atoms. The zero-order valence-corrected chi connectivity index (χ0v) is 15.9. The van der Waals surface area contributed by atoms with Crippen molar-refractivity contribution in [2.75, 3.05) is 25.6 Å². The van der Waals surface area contributed by atoms with Crippen LogP contribution in [0.5, 0.6) is 0 Å². The number of nitrogens with one attached hydrogen (secondary N) is 2. The summed E-state index contributed by atoms with van der Waals surface area (Å²) in [5.74, 6) is -3.99. The van der Waals surface area contributed by atoms with Crippen LogP contribution in [0.3, 0.4) is 0 Å². The van der Waals surface area contributed by atoms with Crippen molar-refractivity contribution in [3.8, 4) is 0 Å². The summed E-state index contributed by atoms with van der Waals surface area (Å²) in [4.78, 5) is 35.4. The second kappa shape index (κ2) is 10.3. The molecule has 0 aliphatic heterocycles. The van der Waals surface area contributed by atoms with E-state index in [2.05, 4.69) is 15.4 Å². The van der Waals surface area contributed by atoms with E-state index in [4.69, 9.17) is 4.74 Å². The smallest absolute Gasteiger partial charge is 0.337 e. The molecule has 0 bridgehead atoms. The zero-order chi connectivity index (χ0) is 21.4. The second-order valence-electron chi connectivity index (χ2n) is 5.87. The summed E-state index contributed by atoms with van der Waals surface area (Å²) in [5.41, 5.74) is 0.242. The van der Waals surface area contributed by atoms with Crippen LogP contribution in [-0.4, -0.2) is 38.1 Å². The van der Waals surface area contributed by atoms with E-state index < -0.39 is 35.0 Å². The van der Waals surface area contributed by atoms with Crippen LogP contribution in [0.15, 0.2) is 36.4 Å². The van der Waals surface area contributed by atoms with Gasteiger partial charge in [0.2, 0.25) is 5.91 Å². The average molecular weight is 406 g/mol. The summed E-state index contributed by atoms with van der Waals surface area (Å²) in [6.07, 6.45) is 0. The second-order valence-corrected chi connectivity index (χ2v) is 5.87. The van der Waals surface area contributed by atoms with E-state index in [1.807, 2.05) is 0 Å². The third kappa shape index (κ3) is 6.08. The van der Waals surface area contributed by atoms with Crippen molar-refractivity contribution in [3.05, 3.63) is 64.7 Å². The van der Waals surface area contributed by atoms with Crippen LogP contribution < -0.4 is 10.6 Å². The molecule has 2 N–H and O–H groups in total. The van der Waals surface area contributed by atoms with Gasteiger partial charge in [-0.2, -0.15) is 0 Å². The van der Waals surface area contributed by atoms with Crippen molar-refractivity contribution in [2.45, 2.75) is 13.5 Å². The molecule has 0 saturated carbocycles. The van der Waals surface area contributed by atoms with Gasteiger partial charge in [0.1, 0.15) is 18.2 Å². The van der Waals surface area contributed by atoms with E-state index in [0.29, 0.717) is 23.8 Å². The SMILES string of the molecule is CCOCC(=O)Nc1cc(C(=O)NCc2ccc(C(=O)OC)cc2)c(F)cc1F. The van der Waals surface area contributed by atoms with Crippen LogP contribution >= 0.6 is 0 Å². The number of ether oxygens (including phenoxy) is 2. The Hall–Kier alpha value is -3.33. The molecule has 154 valence electrons. The molecule has 0 heterocycles. The first kappa shape index (κ1) is 22.0. The molecule has 2 aromatic rings. The molecular weight excluding hydrogens is 386 g/mol. The Bertz CT molecular complexity index is 900. The molecule has 0 aliphatic carbocycles. The number of halogens is 2. The van der Waals surface area contributed by atoms with Gasteiger partial charge in [0.15, 0.2) is 0 Å². The van der Waals surface area contributed by atoms with Crippen LogP contribution in [0.4, 0.5) is 14.5 Å². The Kier molecular flexibility index (Phi) is 7.79. The maximum Gasteiger partial charge on any atom is 0.337 e. The monoisotopic (exact) mass is 406 g/mol. The molecule has 0 aliphatic rings. The minimum atomic E-state index is -1.07. The number of anilines is 1. The Labute approximate surface area is 166 Å². The summed E-state index contributed by atoms with van der Waals surface area (Å²) in [7, 11) is 1.27. The summed E-state index contributed by atoms with van der Waals surface area (Å²) in [6.45, 7) is 1.74. The standard InChI is InChI=1S/C20H20F2N2O5/c1-3-29-11-18(25)24-17-8-14(15(21)9-16(17)22)19(26)23-10-12-4-6-13(7-5-12)20(27)28-2/h4-9H,3,10-11H2,1-2H3,(H,23,26)(H,24,25). The number of methoxy groups -OCH3 is 1. The van der Waals surface area contributed by atoms with Gasteiger partial charge in [0.05, 0.1) is 23.9 Å². The quantitative estimate of drug-likeness (QED) is 0.658. The Morgan fingerprint density at radius 1 is 1.03 bits per heavy atom. The summed E-state index contributed by atoms with van der Waals surface area (Å²) in [6, 6.07) is 7.70. The topological polar surface area (TPSA) is 93.7 Å². The van der Waals surface area contributed by atoms with Crippen molar-refractivity contribution in [3.63, 3.8) is 0 Å². The lowest BCUT2D eigenvalue weighted by atomic mass is 10.1. The van der Waals surface area contributed by atoms with Gasteiger partial charge >= 0.3 is 5.97 Å². The number of hydrogen-bond acceptors (Lipinski definition) is 5.